The van der Waals surface area contributed by atoms with Crippen molar-refractivity contribution in [1.29, 1.82) is 0 Å². The molecule has 0 spiro atoms. The lowest BCUT2D eigenvalue weighted by molar-refractivity contribution is -0.184. The minimum Gasteiger partial charge on any atom is -0.443 e. The van der Waals surface area contributed by atoms with Gasteiger partial charge in [-0.1, -0.05) is 0 Å². The number of ketones is 1. The van der Waals surface area contributed by atoms with E-state index in [1.165, 1.54) is 0 Å². The van der Waals surface area contributed by atoms with Crippen molar-refractivity contribution in [2.75, 3.05) is 23.5 Å². The lowest BCUT2D eigenvalue weighted by Crippen LogP contribution is -2.64. The number of rotatable bonds is 2. The number of imide groups is 1. The summed E-state index contributed by atoms with van der Waals surface area (Å²) in [5, 5.41) is 0. The molecule has 4 heterocycles. The van der Waals surface area contributed by atoms with Crippen LogP contribution < -0.4 is 15.4 Å². The maximum absolute atomic E-state index is 13.7. The van der Waals surface area contributed by atoms with Gasteiger partial charge in [0.05, 0.1) is 18.1 Å². The van der Waals surface area contributed by atoms with Gasteiger partial charge in [-0.15, -0.1) is 4.90 Å². The molecule has 1 aromatic rings. The molecule has 3 amide bonds. The lowest BCUT2D eigenvalue weighted by Gasteiger charge is -2.48. The van der Waals surface area contributed by atoms with Gasteiger partial charge in [0.15, 0.2) is 23.9 Å². The Hall–Kier alpha value is -3.37. The maximum atomic E-state index is 13.7. The van der Waals surface area contributed by atoms with E-state index < -0.39 is 84.6 Å². The second kappa shape index (κ2) is 11.8. The number of H-pyrrole nitrogens is 1. The third kappa shape index (κ3) is 7.55. The summed E-state index contributed by atoms with van der Waals surface area (Å²) in [6.07, 6.45) is -7.68. The van der Waals surface area contributed by atoms with Crippen molar-refractivity contribution in [3.05, 3.63) is 15.9 Å². The van der Waals surface area contributed by atoms with E-state index in [0.29, 0.717) is 4.90 Å². The molecule has 2 fully saturated rings. The third-order valence-electron chi connectivity index (χ3n) is 6.35. The topological polar surface area (TPSA) is 202 Å². The highest BCUT2D eigenvalue weighted by Crippen LogP contribution is 2.55. The fraction of sp³-hybridized carbons (Fsp3) is 0.704. The van der Waals surface area contributed by atoms with Crippen LogP contribution in [0.3, 0.4) is 0 Å². The minimum atomic E-state index is -4.05. The van der Waals surface area contributed by atoms with Crippen LogP contribution in [0, 0.1) is 5.92 Å². The average molecular weight is 659 g/mol. The summed E-state index contributed by atoms with van der Waals surface area (Å²) in [6, 6.07) is 0. The average Bonchev–Trinajstić information content (AvgIpc) is 2.85. The van der Waals surface area contributed by atoms with Gasteiger partial charge in [0.1, 0.15) is 22.9 Å². The highest BCUT2D eigenvalue weighted by atomic mass is 31.2. The number of hydrogen-bond acceptors (Lipinski definition) is 14. The summed E-state index contributed by atoms with van der Waals surface area (Å²) >= 11 is 0. The van der Waals surface area contributed by atoms with Gasteiger partial charge in [-0.3, -0.25) is 28.1 Å². The van der Waals surface area contributed by atoms with Gasteiger partial charge in [0.2, 0.25) is 5.95 Å². The van der Waals surface area contributed by atoms with Crippen LogP contribution in [0.15, 0.2) is 4.79 Å². The van der Waals surface area contributed by atoms with Crippen LogP contribution in [0.25, 0.3) is 0 Å². The lowest BCUT2D eigenvalue weighted by atomic mass is 9.84. The van der Waals surface area contributed by atoms with Crippen molar-refractivity contribution in [1.82, 2.24) is 9.97 Å². The minimum absolute atomic E-state index is 0.156. The largest absolute Gasteiger partial charge is 0.475 e. The molecule has 250 valence electrons. The van der Waals surface area contributed by atoms with E-state index in [0.717, 1.165) is 12.0 Å². The molecule has 1 N–H and O–H groups in total. The quantitative estimate of drug-likeness (QED) is 0.355. The second-order valence-corrected chi connectivity index (χ2v) is 15.3. The van der Waals surface area contributed by atoms with Crippen molar-refractivity contribution in [2.24, 2.45) is 5.92 Å². The van der Waals surface area contributed by atoms with Crippen LogP contribution in [-0.2, 0) is 48.3 Å². The van der Waals surface area contributed by atoms with Crippen molar-refractivity contribution < 1.29 is 56.3 Å². The van der Waals surface area contributed by atoms with E-state index in [4.69, 9.17) is 32.5 Å². The Morgan fingerprint density at radius 3 is 2.02 bits per heavy atom. The van der Waals surface area contributed by atoms with Crippen LogP contribution in [0.1, 0.15) is 67.9 Å². The number of phosphoric ester groups is 1. The molecular weight excluding hydrogens is 619 g/mol. The Balaban J connectivity index is 1.86. The van der Waals surface area contributed by atoms with Gasteiger partial charge in [-0.05, 0) is 68.7 Å². The van der Waals surface area contributed by atoms with Crippen LogP contribution in [0.5, 0.6) is 0 Å². The van der Waals surface area contributed by atoms with Gasteiger partial charge >= 0.3 is 26.1 Å². The number of phosphoric acid groups is 1. The first-order valence-electron chi connectivity index (χ1n) is 14.1. The zero-order valence-electron chi connectivity index (χ0n) is 26.8. The van der Waals surface area contributed by atoms with E-state index in [-0.39, 0.29) is 24.4 Å². The van der Waals surface area contributed by atoms with E-state index >= 15 is 0 Å². The molecule has 3 aliphatic rings. The van der Waals surface area contributed by atoms with Crippen molar-refractivity contribution in [3.63, 3.8) is 0 Å². The molecule has 18 heteroatoms. The molecule has 0 radical (unpaired) electrons. The molecule has 0 saturated carbocycles. The van der Waals surface area contributed by atoms with E-state index in [2.05, 4.69) is 9.97 Å². The first-order valence-corrected chi connectivity index (χ1v) is 15.6. The highest BCUT2D eigenvalue weighted by molar-refractivity contribution is 7.48. The smallest absolute Gasteiger partial charge is 0.443 e. The van der Waals surface area contributed by atoms with E-state index in [1.54, 1.807) is 62.3 Å². The standard InChI is InChI=1S/C27H39N4O13P/c1-25(2,3)41-22(34)30-18-14(11-13-16(32)17-15(40-20(13)30)12-39-45(37,38-10)44-17)19(33)29-21(28-18)31(23(35)42-26(4,5)6)24(36)43-27(7,8)9/h13,15,17,20H,11-12H2,1-10H3,(H,28,29,33). The van der Waals surface area contributed by atoms with Gasteiger partial charge in [-0.25, -0.2) is 23.8 Å². The Kier molecular flexibility index (Phi) is 9.02. The van der Waals surface area contributed by atoms with Crippen LogP contribution in [0.4, 0.5) is 26.1 Å². The van der Waals surface area contributed by atoms with E-state index in [1.807, 2.05) is 0 Å². The summed E-state index contributed by atoms with van der Waals surface area (Å²) in [7, 11) is -2.96. The van der Waals surface area contributed by atoms with Gasteiger partial charge < -0.3 is 18.9 Å². The molecule has 5 unspecified atom stereocenters. The van der Waals surface area contributed by atoms with Crippen molar-refractivity contribution in [3.8, 4) is 0 Å². The zero-order valence-corrected chi connectivity index (χ0v) is 27.7. The van der Waals surface area contributed by atoms with Crippen LogP contribution in [0.2, 0.25) is 0 Å². The Labute approximate surface area is 259 Å². The normalized spacial score (nSPS) is 26.6. The van der Waals surface area contributed by atoms with Gasteiger partial charge in [0, 0.05) is 7.11 Å². The highest BCUT2D eigenvalue weighted by Gasteiger charge is 2.57. The number of carbonyl (C=O) groups is 4. The summed E-state index contributed by atoms with van der Waals surface area (Å²) in [5.74, 6) is -2.78. The SMILES string of the molecule is COP1(=O)OCC2OC3C(Cc4c(nc(N(C(=O)OC(C)(C)C)C(=O)OC(C)(C)C)[nH]c4=O)N3C(=O)OC(C)(C)C)C(=O)C2O1. The predicted molar refractivity (Wildman–Crippen MR) is 155 cm³/mol. The van der Waals surface area contributed by atoms with Crippen LogP contribution in [-0.4, -0.2) is 83.0 Å². The summed E-state index contributed by atoms with van der Waals surface area (Å²) in [6.45, 7) is 13.8. The number of nitrogens with zero attached hydrogens (tertiary/aromatic N) is 3. The fourth-order valence-corrected chi connectivity index (χ4v) is 5.77. The summed E-state index contributed by atoms with van der Waals surface area (Å²) < 4.78 is 50.4. The first-order chi connectivity index (χ1) is 20.5. The monoisotopic (exact) mass is 658 g/mol. The maximum Gasteiger partial charge on any atom is 0.475 e. The number of anilines is 2. The fourth-order valence-electron chi connectivity index (χ4n) is 4.67. The van der Waals surface area contributed by atoms with Gasteiger partial charge in [-0.2, -0.15) is 4.98 Å². The number of aromatic nitrogens is 2. The second-order valence-electron chi connectivity index (χ2n) is 13.6. The Morgan fingerprint density at radius 1 is 0.956 bits per heavy atom. The Morgan fingerprint density at radius 2 is 1.51 bits per heavy atom. The number of nitrogens with one attached hydrogen (secondary N) is 1. The number of amides is 3. The molecule has 45 heavy (non-hydrogen) atoms. The van der Waals surface area contributed by atoms with Crippen molar-refractivity contribution >= 4 is 43.7 Å². The number of Topliss-reactive ketones (excluding diaryl/α,β-unsaturated/α-hetero) is 1. The number of carbonyl (C=O) groups excluding carboxylic acids is 4. The van der Waals surface area contributed by atoms with Gasteiger partial charge in [0.25, 0.3) is 5.56 Å². The Bertz CT molecular complexity index is 1460. The molecule has 0 bridgehead atoms. The molecule has 0 aromatic carbocycles. The summed E-state index contributed by atoms with van der Waals surface area (Å²) in [5.41, 5.74) is -4.21. The zero-order chi connectivity index (χ0) is 33.9. The molecule has 0 aliphatic carbocycles. The summed E-state index contributed by atoms with van der Waals surface area (Å²) in [4.78, 5) is 75.6. The number of hydrogen-bond donors (Lipinski definition) is 1. The molecule has 2 saturated heterocycles. The number of aromatic amines is 1. The predicted octanol–water partition coefficient (Wildman–Crippen LogP) is 3.82. The third-order valence-corrected chi connectivity index (χ3v) is 7.74. The molecule has 1 aromatic heterocycles. The van der Waals surface area contributed by atoms with Crippen LogP contribution >= 0.6 is 7.82 Å². The number of fused-ring (bicyclic) bond motifs is 3. The number of ether oxygens (including phenoxy) is 4. The van der Waals surface area contributed by atoms with Crippen molar-refractivity contribution in [2.45, 2.75) is 104 Å². The first kappa shape index (κ1) is 34.5. The molecular formula is C27H39N4O13P. The molecule has 17 nitrogen and oxygen atoms in total. The molecule has 4 rings (SSSR count). The molecule has 3 aliphatic heterocycles. The molecule has 5 atom stereocenters. The van der Waals surface area contributed by atoms with E-state index in [9.17, 15) is 28.5 Å².